The van der Waals surface area contributed by atoms with Crippen LogP contribution in [0.3, 0.4) is 0 Å². The molecule has 3 N–H and O–H groups in total. The first-order valence-electron chi connectivity index (χ1n) is 5.23. The van der Waals surface area contributed by atoms with Crippen molar-refractivity contribution in [2.45, 2.75) is 19.8 Å². The number of nitrogens with one attached hydrogen (secondary N) is 1. The molecule has 0 amide bonds. The minimum absolute atomic E-state index is 0.284. The van der Waals surface area contributed by atoms with Crippen LogP contribution in [0, 0.1) is 0 Å². The molecular weight excluding hydrogens is 192 g/mol. The second kappa shape index (κ2) is 7.00. The van der Waals surface area contributed by atoms with Crippen molar-refractivity contribution in [2.75, 3.05) is 30.8 Å². The van der Waals surface area contributed by atoms with Gasteiger partial charge in [0.2, 0.25) is 5.95 Å². The van der Waals surface area contributed by atoms with E-state index in [1.54, 1.807) is 12.3 Å². The van der Waals surface area contributed by atoms with Crippen LogP contribution in [0.25, 0.3) is 0 Å². The average Bonchev–Trinajstić information content (AvgIpc) is 2.23. The Morgan fingerprint density at radius 1 is 1.47 bits per heavy atom. The first kappa shape index (κ1) is 11.7. The van der Waals surface area contributed by atoms with E-state index in [1.165, 1.54) is 0 Å². The largest absolute Gasteiger partial charge is 0.380 e. The Bertz CT molecular complexity index is 280. The Hall–Kier alpha value is -1.36. The van der Waals surface area contributed by atoms with E-state index in [-0.39, 0.29) is 5.95 Å². The smallest absolute Gasteiger partial charge is 0.221 e. The molecule has 0 fully saturated rings. The van der Waals surface area contributed by atoms with E-state index < -0.39 is 0 Å². The zero-order chi connectivity index (χ0) is 10.9. The van der Waals surface area contributed by atoms with Gasteiger partial charge in [-0.05, 0) is 12.5 Å². The summed E-state index contributed by atoms with van der Waals surface area (Å²) in [7, 11) is 0. The van der Waals surface area contributed by atoms with Gasteiger partial charge >= 0.3 is 0 Å². The van der Waals surface area contributed by atoms with Crippen molar-refractivity contribution in [3.63, 3.8) is 0 Å². The number of nitrogens with zero attached hydrogens (tertiary/aromatic N) is 2. The third-order valence-electron chi connectivity index (χ3n) is 1.87. The highest BCUT2D eigenvalue weighted by Crippen LogP contribution is 2.01. The molecule has 0 unspecified atom stereocenters. The van der Waals surface area contributed by atoms with Crippen LogP contribution in [0.5, 0.6) is 0 Å². The van der Waals surface area contributed by atoms with E-state index in [2.05, 4.69) is 22.2 Å². The molecule has 5 heteroatoms. The number of nitrogen functional groups attached to an aromatic ring is 1. The highest BCUT2D eigenvalue weighted by molar-refractivity contribution is 5.37. The van der Waals surface area contributed by atoms with E-state index in [1.807, 2.05) is 0 Å². The maximum Gasteiger partial charge on any atom is 0.221 e. The van der Waals surface area contributed by atoms with Gasteiger partial charge in [-0.2, -0.15) is 4.98 Å². The number of rotatable bonds is 7. The molecule has 0 spiro atoms. The van der Waals surface area contributed by atoms with Gasteiger partial charge in [-0.25, -0.2) is 4.98 Å². The number of hydrogen-bond donors (Lipinski definition) is 2. The van der Waals surface area contributed by atoms with Gasteiger partial charge in [-0.15, -0.1) is 0 Å². The second-order valence-corrected chi connectivity index (χ2v) is 3.19. The molecule has 1 heterocycles. The first-order chi connectivity index (χ1) is 7.33. The Kier molecular flexibility index (Phi) is 5.47. The summed E-state index contributed by atoms with van der Waals surface area (Å²) in [5.74, 6) is 1.02. The van der Waals surface area contributed by atoms with E-state index in [4.69, 9.17) is 10.5 Å². The topological polar surface area (TPSA) is 73.1 Å². The van der Waals surface area contributed by atoms with Crippen LogP contribution in [-0.2, 0) is 4.74 Å². The molecule has 1 rings (SSSR count). The summed E-state index contributed by atoms with van der Waals surface area (Å²) in [6, 6.07) is 1.78. The summed E-state index contributed by atoms with van der Waals surface area (Å²) in [6.45, 7) is 4.39. The summed E-state index contributed by atoms with van der Waals surface area (Å²) in [5.41, 5.74) is 5.44. The fourth-order valence-corrected chi connectivity index (χ4v) is 1.07. The Labute approximate surface area is 90.1 Å². The monoisotopic (exact) mass is 210 g/mol. The molecule has 0 aliphatic carbocycles. The lowest BCUT2D eigenvalue weighted by Gasteiger charge is -2.06. The van der Waals surface area contributed by atoms with Crippen LogP contribution in [0.15, 0.2) is 12.3 Å². The number of anilines is 2. The third kappa shape index (κ3) is 5.17. The zero-order valence-electron chi connectivity index (χ0n) is 9.07. The van der Waals surface area contributed by atoms with Crippen molar-refractivity contribution in [3.8, 4) is 0 Å². The molecular formula is C10H18N4O. The maximum absolute atomic E-state index is 5.44. The van der Waals surface area contributed by atoms with Crippen LogP contribution in [0.1, 0.15) is 19.8 Å². The van der Waals surface area contributed by atoms with Gasteiger partial charge in [0.25, 0.3) is 0 Å². The predicted octanol–water partition coefficient (Wildman–Crippen LogP) is 1.29. The third-order valence-corrected chi connectivity index (χ3v) is 1.87. The lowest BCUT2D eigenvalue weighted by Crippen LogP contribution is -2.11. The van der Waals surface area contributed by atoms with Crippen LogP contribution in [-0.4, -0.2) is 29.7 Å². The Morgan fingerprint density at radius 3 is 3.07 bits per heavy atom. The van der Waals surface area contributed by atoms with Gasteiger partial charge < -0.3 is 15.8 Å². The molecule has 0 aliphatic heterocycles. The van der Waals surface area contributed by atoms with Crippen molar-refractivity contribution >= 4 is 11.8 Å². The van der Waals surface area contributed by atoms with Crippen LogP contribution in [0.2, 0.25) is 0 Å². The van der Waals surface area contributed by atoms with Gasteiger partial charge in [0.1, 0.15) is 5.82 Å². The summed E-state index contributed by atoms with van der Waals surface area (Å²) in [5, 5.41) is 3.11. The quantitative estimate of drug-likeness (QED) is 0.663. The molecule has 84 valence electrons. The lowest BCUT2D eigenvalue weighted by atomic mass is 10.4. The fraction of sp³-hybridized carbons (Fsp3) is 0.600. The highest BCUT2D eigenvalue weighted by atomic mass is 16.5. The van der Waals surface area contributed by atoms with Gasteiger partial charge in [-0.3, -0.25) is 0 Å². The SMILES string of the molecule is CCCCOCCNc1ccnc(N)n1. The molecule has 0 aliphatic rings. The predicted molar refractivity (Wildman–Crippen MR) is 60.7 cm³/mol. The summed E-state index contributed by atoms with van der Waals surface area (Å²) < 4.78 is 5.39. The van der Waals surface area contributed by atoms with Crippen molar-refractivity contribution in [2.24, 2.45) is 0 Å². The standard InChI is InChI=1S/C10H18N4O/c1-2-3-7-15-8-6-12-9-4-5-13-10(11)14-9/h4-5H,2-3,6-8H2,1H3,(H3,11,12,13,14). The summed E-state index contributed by atoms with van der Waals surface area (Å²) in [6.07, 6.45) is 3.90. The number of hydrogen-bond acceptors (Lipinski definition) is 5. The van der Waals surface area contributed by atoms with Crippen molar-refractivity contribution in [1.29, 1.82) is 0 Å². The fourth-order valence-electron chi connectivity index (χ4n) is 1.07. The van der Waals surface area contributed by atoms with E-state index in [0.717, 1.165) is 31.8 Å². The van der Waals surface area contributed by atoms with E-state index in [9.17, 15) is 0 Å². The van der Waals surface area contributed by atoms with Crippen molar-refractivity contribution in [1.82, 2.24) is 9.97 Å². The van der Waals surface area contributed by atoms with Crippen molar-refractivity contribution in [3.05, 3.63) is 12.3 Å². The molecule has 0 radical (unpaired) electrons. The lowest BCUT2D eigenvalue weighted by molar-refractivity contribution is 0.141. The summed E-state index contributed by atoms with van der Waals surface area (Å²) in [4.78, 5) is 7.81. The highest BCUT2D eigenvalue weighted by Gasteiger charge is 1.94. The zero-order valence-corrected chi connectivity index (χ0v) is 9.07. The molecule has 0 bridgehead atoms. The second-order valence-electron chi connectivity index (χ2n) is 3.19. The Morgan fingerprint density at radius 2 is 2.33 bits per heavy atom. The molecule has 0 atom stereocenters. The molecule has 0 saturated heterocycles. The minimum atomic E-state index is 0.284. The molecule has 0 saturated carbocycles. The normalized spacial score (nSPS) is 10.2. The van der Waals surface area contributed by atoms with Crippen LogP contribution in [0.4, 0.5) is 11.8 Å². The van der Waals surface area contributed by atoms with Crippen LogP contribution >= 0.6 is 0 Å². The number of unbranched alkanes of at least 4 members (excludes halogenated alkanes) is 1. The van der Waals surface area contributed by atoms with E-state index in [0.29, 0.717) is 6.61 Å². The molecule has 0 aromatic carbocycles. The first-order valence-corrected chi connectivity index (χ1v) is 5.23. The van der Waals surface area contributed by atoms with Crippen molar-refractivity contribution < 1.29 is 4.74 Å². The summed E-state index contributed by atoms with van der Waals surface area (Å²) >= 11 is 0. The molecule has 1 aromatic heterocycles. The molecule has 15 heavy (non-hydrogen) atoms. The minimum Gasteiger partial charge on any atom is -0.380 e. The number of nitrogens with two attached hydrogens (primary N) is 1. The van der Waals surface area contributed by atoms with Gasteiger partial charge in [-0.1, -0.05) is 13.3 Å². The average molecular weight is 210 g/mol. The van der Waals surface area contributed by atoms with Crippen LogP contribution < -0.4 is 11.1 Å². The maximum atomic E-state index is 5.44. The van der Waals surface area contributed by atoms with Gasteiger partial charge in [0.15, 0.2) is 0 Å². The molecule has 5 nitrogen and oxygen atoms in total. The molecule has 1 aromatic rings. The van der Waals surface area contributed by atoms with E-state index >= 15 is 0 Å². The number of ether oxygens (including phenoxy) is 1. The Balaban J connectivity index is 2.10. The van der Waals surface area contributed by atoms with Gasteiger partial charge in [0.05, 0.1) is 6.61 Å². The number of aromatic nitrogens is 2. The van der Waals surface area contributed by atoms with Gasteiger partial charge in [0, 0.05) is 19.3 Å².